The number of carbonyl (C=O) groups excluding carboxylic acids is 4. The zero-order chi connectivity index (χ0) is 21.7. The fourth-order valence-electron chi connectivity index (χ4n) is 3.38. The molecule has 1 saturated heterocycles. The molecule has 2 aromatic carbocycles. The number of carbonyl (C=O) groups is 4. The first-order chi connectivity index (χ1) is 14.9. The maximum Gasteiger partial charge on any atom is 0.282 e. The highest BCUT2D eigenvalue weighted by atomic mass is 79.9. The van der Waals surface area contributed by atoms with Gasteiger partial charge >= 0.3 is 0 Å². The van der Waals surface area contributed by atoms with Crippen LogP contribution in [0.2, 0.25) is 0 Å². The number of imide groups is 1. The lowest BCUT2D eigenvalue weighted by atomic mass is 10.0. The molecule has 0 saturated carbocycles. The number of benzene rings is 2. The van der Waals surface area contributed by atoms with E-state index in [9.17, 15) is 19.2 Å². The average molecular weight is 478 g/mol. The summed E-state index contributed by atoms with van der Waals surface area (Å²) in [6.07, 6.45) is 1.36. The lowest BCUT2D eigenvalue weighted by molar-refractivity contribution is -0.117. The monoisotopic (exact) mass is 477 g/mol. The highest BCUT2D eigenvalue weighted by Gasteiger charge is 2.34. The molecule has 8 nitrogen and oxygen atoms in total. The molecule has 1 aromatic heterocycles. The minimum absolute atomic E-state index is 0.0669. The number of hydrogen-bond donors (Lipinski definition) is 2. The maximum absolute atomic E-state index is 12.7. The van der Waals surface area contributed by atoms with E-state index in [1.807, 2.05) is 0 Å². The van der Waals surface area contributed by atoms with Crippen LogP contribution in [0.4, 0.5) is 5.69 Å². The summed E-state index contributed by atoms with van der Waals surface area (Å²) in [5, 5.41) is 3.40. The minimum Gasteiger partial charge on any atom is -0.457 e. The predicted molar refractivity (Wildman–Crippen MR) is 114 cm³/mol. The fourth-order valence-corrected chi connectivity index (χ4v) is 3.64. The molecule has 3 aromatic rings. The van der Waals surface area contributed by atoms with Gasteiger partial charge in [-0.25, -0.2) is 5.01 Å². The van der Waals surface area contributed by atoms with Crippen molar-refractivity contribution in [3.63, 3.8) is 0 Å². The Labute approximate surface area is 183 Å². The number of hydrazine groups is 1. The molecular weight excluding hydrogens is 466 g/mol. The summed E-state index contributed by atoms with van der Waals surface area (Å²) < 4.78 is 6.61. The van der Waals surface area contributed by atoms with Crippen molar-refractivity contribution >= 4 is 51.3 Å². The Kier molecular flexibility index (Phi) is 4.33. The highest BCUT2D eigenvalue weighted by Crippen LogP contribution is 2.29. The van der Waals surface area contributed by atoms with Crippen molar-refractivity contribution in [2.75, 3.05) is 5.01 Å². The molecule has 3 heterocycles. The number of halogens is 1. The summed E-state index contributed by atoms with van der Waals surface area (Å²) in [5.41, 5.74) is 4.16. The molecule has 0 bridgehead atoms. The molecule has 0 spiro atoms. The van der Waals surface area contributed by atoms with Gasteiger partial charge in [0.25, 0.3) is 23.6 Å². The number of amides is 4. The Hall–Kier alpha value is -3.98. The smallest absolute Gasteiger partial charge is 0.282 e. The van der Waals surface area contributed by atoms with Crippen LogP contribution < -0.4 is 15.8 Å². The van der Waals surface area contributed by atoms with E-state index in [1.54, 1.807) is 54.6 Å². The van der Waals surface area contributed by atoms with Crippen LogP contribution in [0.15, 0.2) is 69.1 Å². The van der Waals surface area contributed by atoms with Crippen LogP contribution >= 0.6 is 15.9 Å². The van der Waals surface area contributed by atoms with E-state index in [0.717, 1.165) is 4.47 Å². The molecule has 5 rings (SSSR count). The third-order valence-electron chi connectivity index (χ3n) is 4.91. The molecule has 2 aliphatic rings. The molecule has 0 aliphatic carbocycles. The second-order valence-electron chi connectivity index (χ2n) is 6.86. The maximum atomic E-state index is 12.7. The number of nitrogens with zero attached hydrogens (tertiary/aromatic N) is 1. The van der Waals surface area contributed by atoms with E-state index in [-0.39, 0.29) is 11.1 Å². The van der Waals surface area contributed by atoms with Crippen molar-refractivity contribution in [3.05, 3.63) is 81.5 Å². The highest BCUT2D eigenvalue weighted by molar-refractivity contribution is 9.10. The van der Waals surface area contributed by atoms with Crippen LogP contribution in [0.25, 0.3) is 17.4 Å². The van der Waals surface area contributed by atoms with Gasteiger partial charge in [0.2, 0.25) is 0 Å². The molecule has 0 radical (unpaired) electrons. The van der Waals surface area contributed by atoms with Crippen LogP contribution in [-0.2, 0) is 9.59 Å². The first kappa shape index (κ1) is 19.0. The summed E-state index contributed by atoms with van der Waals surface area (Å²) in [4.78, 5) is 48.6. The molecule has 152 valence electrons. The number of anilines is 1. The van der Waals surface area contributed by atoms with Crippen molar-refractivity contribution in [2.45, 2.75) is 0 Å². The first-order valence-electron chi connectivity index (χ1n) is 9.13. The summed E-state index contributed by atoms with van der Waals surface area (Å²) in [6, 6.07) is 15.0. The Morgan fingerprint density at radius 2 is 1.58 bits per heavy atom. The van der Waals surface area contributed by atoms with Gasteiger partial charge in [0.15, 0.2) is 0 Å². The third kappa shape index (κ3) is 3.24. The summed E-state index contributed by atoms with van der Waals surface area (Å²) >= 11 is 3.33. The second-order valence-corrected chi connectivity index (χ2v) is 7.78. The molecule has 2 aliphatic heterocycles. The van der Waals surface area contributed by atoms with E-state index in [2.05, 4.69) is 26.7 Å². The van der Waals surface area contributed by atoms with Crippen LogP contribution in [0, 0.1) is 0 Å². The predicted octanol–water partition coefficient (Wildman–Crippen LogP) is 3.05. The van der Waals surface area contributed by atoms with Crippen molar-refractivity contribution in [1.29, 1.82) is 0 Å². The van der Waals surface area contributed by atoms with E-state index in [4.69, 9.17) is 4.42 Å². The summed E-state index contributed by atoms with van der Waals surface area (Å²) in [5.74, 6) is -1.21. The molecule has 4 amide bonds. The topological polar surface area (TPSA) is 109 Å². The Balaban J connectivity index is 1.43. The summed E-state index contributed by atoms with van der Waals surface area (Å²) in [6.45, 7) is 0. The zero-order valence-electron chi connectivity index (χ0n) is 15.6. The molecule has 0 unspecified atom stereocenters. The zero-order valence-corrected chi connectivity index (χ0v) is 17.2. The lowest BCUT2D eigenvalue weighted by Gasteiger charge is -2.14. The quantitative estimate of drug-likeness (QED) is 0.342. The molecule has 9 heteroatoms. The van der Waals surface area contributed by atoms with Crippen molar-refractivity contribution in [1.82, 2.24) is 10.7 Å². The van der Waals surface area contributed by atoms with Gasteiger partial charge in [0.05, 0.1) is 16.8 Å². The lowest BCUT2D eigenvalue weighted by Crippen LogP contribution is -2.35. The van der Waals surface area contributed by atoms with Crippen LogP contribution in [-0.4, -0.2) is 23.6 Å². The van der Waals surface area contributed by atoms with Crippen molar-refractivity contribution in [3.8, 4) is 11.3 Å². The largest absolute Gasteiger partial charge is 0.457 e. The normalized spacial score (nSPS) is 16.7. The van der Waals surface area contributed by atoms with Crippen LogP contribution in [0.5, 0.6) is 0 Å². The Morgan fingerprint density at radius 3 is 2.35 bits per heavy atom. The number of fused-ring (bicyclic) bond motifs is 1. The minimum atomic E-state index is -0.543. The van der Waals surface area contributed by atoms with E-state index in [0.29, 0.717) is 28.3 Å². The average Bonchev–Trinajstić information content (AvgIpc) is 3.42. The first-order valence-corrected chi connectivity index (χ1v) is 9.92. The molecule has 31 heavy (non-hydrogen) atoms. The Morgan fingerprint density at radius 1 is 0.839 bits per heavy atom. The number of hydrogen-bond acceptors (Lipinski definition) is 5. The van der Waals surface area contributed by atoms with E-state index >= 15 is 0 Å². The van der Waals surface area contributed by atoms with Gasteiger partial charge in [0.1, 0.15) is 17.1 Å². The molecule has 1 fully saturated rings. The number of furan rings is 1. The van der Waals surface area contributed by atoms with Gasteiger partial charge in [-0.05, 0) is 54.6 Å². The van der Waals surface area contributed by atoms with Crippen molar-refractivity contribution in [2.24, 2.45) is 0 Å². The standard InChI is InChI=1S/C22H12BrN3O5/c23-12-2-4-13(5-3-12)26-22(30)17(21(29)25-26)10-14-6-8-18(31-14)11-1-7-15-16(9-11)20(28)24-19(15)27/h1-10H,(H,25,29)(H,24,27,28)/b17-10-. The second kappa shape index (κ2) is 7.06. The molecule has 2 N–H and O–H groups in total. The van der Waals surface area contributed by atoms with Gasteiger partial charge in [-0.1, -0.05) is 22.0 Å². The van der Waals surface area contributed by atoms with E-state index < -0.39 is 23.6 Å². The van der Waals surface area contributed by atoms with Crippen LogP contribution in [0.3, 0.4) is 0 Å². The molecular formula is C22H12BrN3O5. The third-order valence-corrected chi connectivity index (χ3v) is 5.44. The number of nitrogens with one attached hydrogen (secondary N) is 2. The van der Waals surface area contributed by atoms with E-state index in [1.165, 1.54) is 11.1 Å². The van der Waals surface area contributed by atoms with Gasteiger partial charge in [-0.15, -0.1) is 0 Å². The fraction of sp³-hybridized carbons (Fsp3) is 0. The van der Waals surface area contributed by atoms with Crippen molar-refractivity contribution < 1.29 is 23.6 Å². The Bertz CT molecular complexity index is 1320. The van der Waals surface area contributed by atoms with Gasteiger partial charge < -0.3 is 4.42 Å². The summed E-state index contributed by atoms with van der Waals surface area (Å²) in [7, 11) is 0. The van der Waals surface area contributed by atoms with Gasteiger partial charge in [-0.2, -0.15) is 0 Å². The van der Waals surface area contributed by atoms with Gasteiger partial charge in [-0.3, -0.25) is 29.9 Å². The SMILES string of the molecule is O=C1NN(c2ccc(Br)cc2)C(=O)/C1=C\c1ccc(-c2ccc3c(c2)C(=O)NC3=O)o1. The van der Waals surface area contributed by atoms with Gasteiger partial charge in [0, 0.05) is 10.0 Å². The number of rotatable bonds is 3. The molecule has 0 atom stereocenters. The van der Waals surface area contributed by atoms with Crippen LogP contribution in [0.1, 0.15) is 26.5 Å².